The van der Waals surface area contributed by atoms with Crippen molar-refractivity contribution < 1.29 is 27.8 Å². The lowest BCUT2D eigenvalue weighted by atomic mass is 10.7. The molecular formula is C7H16F6. The number of halogens is 6. The molecule has 0 unspecified atom stereocenters. The summed E-state index contributed by atoms with van der Waals surface area (Å²) in [6, 6.07) is 0. The van der Waals surface area contributed by atoms with Gasteiger partial charge in [-0.15, -0.1) is 0 Å². The van der Waals surface area contributed by atoms with Crippen LogP contribution in [-0.2, 0) is 0 Å². The summed E-state index contributed by atoms with van der Waals surface area (Å²) in [6.45, 7) is 1.04. The van der Waals surface area contributed by atoms with Crippen LogP contribution < -0.4 is 0 Å². The molecule has 86 valence electrons. The zero-order valence-corrected chi connectivity index (χ0v) is 6.85. The minimum absolute atomic E-state index is 0. The van der Waals surface area contributed by atoms with Crippen molar-refractivity contribution in [2.75, 3.05) is 0 Å². The molecule has 6 heteroatoms. The molecular weight excluding hydrogens is 198 g/mol. The van der Waals surface area contributed by atoms with E-state index in [4.69, 9.17) is 0 Å². The zero-order chi connectivity index (χ0) is 10.7. The first-order chi connectivity index (χ1) is 5.37. The Bertz CT molecular complexity index is 94.0. The van der Waals surface area contributed by atoms with Crippen molar-refractivity contribution in [1.82, 2.24) is 0 Å². The van der Waals surface area contributed by atoms with E-state index >= 15 is 0 Å². The van der Waals surface area contributed by atoms with E-state index in [-0.39, 0.29) is 8.85 Å². The molecule has 0 aliphatic heterocycles. The number of rotatable bonds is 0. The fourth-order valence-corrected chi connectivity index (χ4v) is 0. The summed E-state index contributed by atoms with van der Waals surface area (Å²) < 4.78 is 61.3. The number of allylic oxidation sites excluding steroid dienone is 1. The van der Waals surface area contributed by atoms with Crippen LogP contribution in [0.15, 0.2) is 11.9 Å². The third-order valence-corrected chi connectivity index (χ3v) is 0.260. The second-order valence-electron chi connectivity index (χ2n) is 1.04. The van der Waals surface area contributed by atoms with Gasteiger partial charge in [-0.3, -0.25) is 0 Å². The van der Waals surface area contributed by atoms with E-state index in [1.54, 1.807) is 0 Å². The summed E-state index contributed by atoms with van der Waals surface area (Å²) in [5.74, 6) is -1.41. The topological polar surface area (TPSA) is 0 Å². The fraction of sp³-hybridized carbons (Fsp3) is 0.714. The highest BCUT2D eigenvalue weighted by Crippen LogP contribution is 2.05. The van der Waals surface area contributed by atoms with Gasteiger partial charge in [-0.1, -0.05) is 21.3 Å². The Morgan fingerprint density at radius 2 is 1.08 bits per heavy atom. The molecule has 0 fully saturated rings. The van der Waals surface area contributed by atoms with Crippen LogP contribution in [0.5, 0.6) is 0 Å². The Morgan fingerprint density at radius 1 is 1.00 bits per heavy atom. The van der Waals surface area contributed by atoms with Crippen molar-refractivity contribution in [2.45, 2.75) is 34.9 Å². The van der Waals surface area contributed by atoms with Crippen LogP contribution >= 0.6 is 0 Å². The number of hydrogen-bond donors (Lipinski definition) is 0. The van der Waals surface area contributed by atoms with E-state index < -0.39 is 18.6 Å². The Balaban J connectivity index is -0.0000000302. The van der Waals surface area contributed by atoms with Gasteiger partial charge < -0.3 is 0 Å². The van der Waals surface area contributed by atoms with Gasteiger partial charge in [0.2, 0.25) is 0 Å². The zero-order valence-electron chi connectivity index (χ0n) is 6.85. The van der Waals surface area contributed by atoms with Gasteiger partial charge in [-0.05, 0) is 6.92 Å². The Hall–Kier alpha value is -0.680. The van der Waals surface area contributed by atoms with Crippen LogP contribution in [0.2, 0.25) is 0 Å². The first-order valence-electron chi connectivity index (χ1n) is 2.97. The molecule has 0 aromatic heterocycles. The molecule has 0 aliphatic rings. The summed E-state index contributed by atoms with van der Waals surface area (Å²) in [5, 5.41) is 0. The summed E-state index contributed by atoms with van der Waals surface area (Å²) in [4.78, 5) is 0. The van der Waals surface area contributed by atoms with E-state index in [9.17, 15) is 26.3 Å². The maximum atomic E-state index is 11.0. The van der Waals surface area contributed by atoms with Gasteiger partial charge in [0.25, 0.3) is 0 Å². The van der Waals surface area contributed by atoms with Crippen molar-refractivity contribution in [3.63, 3.8) is 0 Å². The number of hydrogen-bond acceptors (Lipinski definition) is 0. The number of alkyl halides is 3. The molecule has 0 radical (unpaired) electrons. The second kappa shape index (κ2) is 17.4. The first-order valence-corrected chi connectivity index (χ1v) is 2.97. The first kappa shape index (κ1) is 22.8. The third-order valence-electron chi connectivity index (χ3n) is 0.260. The molecule has 0 nitrogen and oxygen atoms in total. The van der Waals surface area contributed by atoms with Gasteiger partial charge in [-0.25, -0.2) is 4.39 Å². The van der Waals surface area contributed by atoms with Crippen LogP contribution in [0.3, 0.4) is 0 Å². The van der Waals surface area contributed by atoms with Gasteiger partial charge in [0.15, 0.2) is 5.83 Å². The van der Waals surface area contributed by atoms with Crippen LogP contribution in [-0.4, -0.2) is 6.68 Å². The lowest BCUT2D eigenvalue weighted by Crippen LogP contribution is -1.65. The van der Waals surface area contributed by atoms with Gasteiger partial charge in [-0.2, -0.15) is 22.0 Å². The maximum Gasteiger partial charge on any atom is 0.379 e. The maximum absolute atomic E-state index is 11.0. The molecule has 0 aromatic rings. The van der Waals surface area contributed by atoms with Crippen LogP contribution in [0.1, 0.15) is 29.6 Å². The van der Waals surface area contributed by atoms with Gasteiger partial charge in [0.05, 0.1) is 0 Å². The van der Waals surface area contributed by atoms with Crippen LogP contribution in [0.25, 0.3) is 0 Å². The van der Waals surface area contributed by atoms with E-state index in [1.165, 1.54) is 0 Å². The molecule has 0 aliphatic carbocycles. The molecule has 13 heavy (non-hydrogen) atoms. The molecule has 0 saturated carbocycles. The monoisotopic (exact) mass is 214 g/mol. The molecule has 0 aromatic carbocycles. The lowest BCUT2D eigenvalue weighted by Gasteiger charge is -1.73. The minimum atomic E-state index is -3.67. The molecule has 0 amide bonds. The predicted octanol–water partition coefficient (Wildman–Crippen LogP) is 5.17. The van der Waals surface area contributed by atoms with Gasteiger partial charge in [0, 0.05) is 1.43 Å². The minimum Gasteiger partial charge on any atom is -0.206 e. The normalized spacial score (nSPS) is 6.92. The standard InChI is InChI=1S/C3H3F3.C2H6.CHF3.CH4.H2/c1-2(4)3(5)6;1-2;2-1(3)4;;/h1H3;1-2H3;1H;1H4;1H. The summed E-state index contributed by atoms with van der Waals surface area (Å²) in [5.41, 5.74) is 0. The van der Waals surface area contributed by atoms with Crippen molar-refractivity contribution in [3.8, 4) is 0 Å². The highest BCUT2D eigenvalue weighted by Gasteiger charge is 1.92. The van der Waals surface area contributed by atoms with E-state index in [2.05, 4.69) is 0 Å². The van der Waals surface area contributed by atoms with E-state index in [0.29, 0.717) is 6.92 Å². The lowest BCUT2D eigenvalue weighted by molar-refractivity contribution is 0.00819. The average Bonchev–Trinajstić information content (AvgIpc) is 1.90. The van der Waals surface area contributed by atoms with Crippen molar-refractivity contribution in [2.24, 2.45) is 0 Å². The van der Waals surface area contributed by atoms with Crippen molar-refractivity contribution in [3.05, 3.63) is 11.9 Å². The highest BCUT2D eigenvalue weighted by atomic mass is 19.4. The molecule has 0 spiro atoms. The van der Waals surface area contributed by atoms with E-state index in [0.717, 1.165) is 0 Å². The van der Waals surface area contributed by atoms with E-state index in [1.807, 2.05) is 13.8 Å². The van der Waals surface area contributed by atoms with Gasteiger partial charge >= 0.3 is 12.8 Å². The quantitative estimate of drug-likeness (QED) is 0.488. The predicted molar refractivity (Wildman–Crippen MR) is 43.3 cm³/mol. The summed E-state index contributed by atoms with van der Waals surface area (Å²) in [7, 11) is 0. The SMILES string of the molecule is C.CC.CC(F)=C(F)F.FC(F)F.[HH]. The van der Waals surface area contributed by atoms with Gasteiger partial charge in [0.1, 0.15) is 0 Å². The summed E-state index contributed by atoms with van der Waals surface area (Å²) >= 11 is 0. The van der Waals surface area contributed by atoms with Crippen molar-refractivity contribution >= 4 is 0 Å². The largest absolute Gasteiger partial charge is 0.379 e. The molecule has 0 bridgehead atoms. The molecule has 0 saturated heterocycles. The molecule has 0 atom stereocenters. The smallest absolute Gasteiger partial charge is 0.206 e. The van der Waals surface area contributed by atoms with Crippen LogP contribution in [0, 0.1) is 0 Å². The molecule has 0 rings (SSSR count). The molecule has 0 N–H and O–H groups in total. The highest BCUT2D eigenvalue weighted by molar-refractivity contribution is 4.84. The van der Waals surface area contributed by atoms with Crippen LogP contribution in [0.4, 0.5) is 26.3 Å². The fourth-order valence-electron chi connectivity index (χ4n) is 0. The second-order valence-corrected chi connectivity index (χ2v) is 1.04. The Labute approximate surface area is 75.7 Å². The Kier molecular flexibility index (Phi) is 30.6. The summed E-state index contributed by atoms with van der Waals surface area (Å²) in [6.07, 6.45) is -2.24. The average molecular weight is 214 g/mol. The third kappa shape index (κ3) is 89.2. The van der Waals surface area contributed by atoms with Crippen molar-refractivity contribution in [1.29, 1.82) is 0 Å². The Morgan fingerprint density at radius 3 is 1.08 bits per heavy atom. The molecule has 0 heterocycles.